The van der Waals surface area contributed by atoms with Gasteiger partial charge in [0.1, 0.15) is 0 Å². The van der Waals surface area contributed by atoms with Crippen LogP contribution in [0.3, 0.4) is 0 Å². The largest absolute Gasteiger partial charge is 0.383 e. The highest BCUT2D eigenvalue weighted by atomic mass is 16.5. The Hall–Kier alpha value is -0.120. The summed E-state index contributed by atoms with van der Waals surface area (Å²) in [5.74, 6) is 1.45. The van der Waals surface area contributed by atoms with Gasteiger partial charge in [0.25, 0.3) is 0 Å². The lowest BCUT2D eigenvalue weighted by atomic mass is 9.93. The van der Waals surface area contributed by atoms with E-state index in [0.29, 0.717) is 24.0 Å². The molecule has 0 aromatic heterocycles. The predicted octanol–water partition coefficient (Wildman–Crippen LogP) is 2.76. The van der Waals surface area contributed by atoms with Crippen molar-refractivity contribution in [2.24, 2.45) is 11.8 Å². The van der Waals surface area contributed by atoms with E-state index in [9.17, 15) is 0 Å². The lowest BCUT2D eigenvalue weighted by Gasteiger charge is -2.46. The first kappa shape index (κ1) is 16.9. The van der Waals surface area contributed by atoms with Crippen LogP contribution in [0.25, 0.3) is 0 Å². The van der Waals surface area contributed by atoms with Gasteiger partial charge in [0.05, 0.1) is 6.61 Å². The molecule has 1 N–H and O–H groups in total. The third kappa shape index (κ3) is 5.05. The van der Waals surface area contributed by atoms with Crippen LogP contribution in [0.4, 0.5) is 0 Å². The molecule has 0 aromatic rings. The lowest BCUT2D eigenvalue weighted by molar-refractivity contribution is 0.0124. The molecule has 0 aromatic carbocycles. The number of hydrogen-bond acceptors (Lipinski definition) is 3. The third-order valence-corrected chi connectivity index (χ3v) is 4.30. The number of methoxy groups -OCH3 is 1. The molecule has 19 heavy (non-hydrogen) atoms. The van der Waals surface area contributed by atoms with E-state index in [4.69, 9.17) is 4.74 Å². The van der Waals surface area contributed by atoms with Crippen molar-refractivity contribution in [1.82, 2.24) is 10.2 Å². The Morgan fingerprint density at radius 3 is 2.42 bits per heavy atom. The molecule has 0 saturated carbocycles. The summed E-state index contributed by atoms with van der Waals surface area (Å²) in [6, 6.07) is 1.85. The Bertz CT molecular complexity index is 243. The summed E-state index contributed by atoms with van der Waals surface area (Å²) in [6.07, 6.45) is 2.44. The van der Waals surface area contributed by atoms with Gasteiger partial charge in [0, 0.05) is 38.3 Å². The maximum absolute atomic E-state index is 5.43. The Labute approximate surface area is 120 Å². The van der Waals surface area contributed by atoms with E-state index in [0.717, 1.165) is 19.1 Å². The fourth-order valence-electron chi connectivity index (χ4n) is 3.26. The van der Waals surface area contributed by atoms with Crippen molar-refractivity contribution < 1.29 is 4.74 Å². The van der Waals surface area contributed by atoms with Gasteiger partial charge in [-0.1, -0.05) is 34.6 Å². The second-order valence-electron chi connectivity index (χ2n) is 6.76. The van der Waals surface area contributed by atoms with Crippen LogP contribution in [0.5, 0.6) is 0 Å². The second-order valence-corrected chi connectivity index (χ2v) is 6.76. The highest BCUT2D eigenvalue weighted by Gasteiger charge is 2.33. The summed E-state index contributed by atoms with van der Waals surface area (Å²) in [7, 11) is 1.82. The van der Waals surface area contributed by atoms with Gasteiger partial charge in [-0.2, -0.15) is 0 Å². The Morgan fingerprint density at radius 1 is 1.26 bits per heavy atom. The average molecular weight is 270 g/mol. The molecule has 0 aliphatic carbocycles. The molecular formula is C16H34N2O. The summed E-state index contributed by atoms with van der Waals surface area (Å²) < 4.78 is 5.43. The summed E-state index contributed by atoms with van der Waals surface area (Å²) in [6.45, 7) is 14.7. The van der Waals surface area contributed by atoms with Crippen molar-refractivity contribution in [3.63, 3.8) is 0 Å². The molecule has 0 radical (unpaired) electrons. The number of rotatable bonds is 7. The molecule has 0 bridgehead atoms. The highest BCUT2D eigenvalue weighted by Crippen LogP contribution is 2.22. The van der Waals surface area contributed by atoms with Crippen LogP contribution < -0.4 is 5.32 Å². The number of hydrogen-bond donors (Lipinski definition) is 1. The average Bonchev–Trinajstić information content (AvgIpc) is 2.34. The highest BCUT2D eigenvalue weighted by molar-refractivity contribution is 4.91. The molecule has 1 aliphatic rings. The van der Waals surface area contributed by atoms with Crippen molar-refractivity contribution in [3.8, 4) is 0 Å². The fraction of sp³-hybridized carbons (Fsp3) is 1.00. The minimum absolute atomic E-state index is 0.564. The van der Waals surface area contributed by atoms with Gasteiger partial charge in [-0.3, -0.25) is 4.90 Å². The molecule has 3 nitrogen and oxygen atoms in total. The van der Waals surface area contributed by atoms with Gasteiger partial charge in [-0.25, -0.2) is 0 Å². The minimum atomic E-state index is 0.564. The van der Waals surface area contributed by atoms with Crippen LogP contribution in [0.1, 0.15) is 47.5 Å². The number of piperazine rings is 1. The number of nitrogens with one attached hydrogen (secondary N) is 1. The Kier molecular flexibility index (Phi) is 7.33. The summed E-state index contributed by atoms with van der Waals surface area (Å²) in [4.78, 5) is 2.71. The quantitative estimate of drug-likeness (QED) is 0.770. The molecule has 3 heteroatoms. The zero-order valence-electron chi connectivity index (χ0n) is 13.8. The van der Waals surface area contributed by atoms with E-state index < -0.39 is 0 Å². The van der Waals surface area contributed by atoms with E-state index in [1.807, 2.05) is 7.11 Å². The summed E-state index contributed by atoms with van der Waals surface area (Å²) in [5, 5.41) is 3.75. The molecule has 1 fully saturated rings. The summed E-state index contributed by atoms with van der Waals surface area (Å²) >= 11 is 0. The van der Waals surface area contributed by atoms with Crippen molar-refractivity contribution in [2.45, 2.75) is 65.6 Å². The standard InChI is InChI=1S/C16H34N2O/c1-7-15(11-19-6)18-10-14(8-12(2)3)17-9-16(18)13(4)5/h12-17H,7-11H2,1-6H3. The molecule has 3 atom stereocenters. The topological polar surface area (TPSA) is 24.5 Å². The van der Waals surface area contributed by atoms with Crippen LogP contribution in [0.15, 0.2) is 0 Å². The normalized spacial score (nSPS) is 27.2. The molecule has 1 heterocycles. The zero-order chi connectivity index (χ0) is 14.4. The van der Waals surface area contributed by atoms with Gasteiger partial charge < -0.3 is 10.1 Å². The molecule has 1 saturated heterocycles. The Morgan fingerprint density at radius 2 is 1.95 bits per heavy atom. The summed E-state index contributed by atoms with van der Waals surface area (Å²) in [5.41, 5.74) is 0. The van der Waals surface area contributed by atoms with Gasteiger partial charge in [0.15, 0.2) is 0 Å². The van der Waals surface area contributed by atoms with Crippen molar-refractivity contribution in [1.29, 1.82) is 0 Å². The molecule has 114 valence electrons. The minimum Gasteiger partial charge on any atom is -0.383 e. The first-order valence-corrected chi connectivity index (χ1v) is 7.97. The SMILES string of the molecule is CCC(COC)N1CC(CC(C)C)NCC1C(C)C. The maximum atomic E-state index is 5.43. The van der Waals surface area contributed by atoms with Crippen LogP contribution >= 0.6 is 0 Å². The van der Waals surface area contributed by atoms with E-state index in [1.54, 1.807) is 0 Å². The number of nitrogens with zero attached hydrogens (tertiary/aromatic N) is 1. The zero-order valence-corrected chi connectivity index (χ0v) is 13.8. The molecule has 0 spiro atoms. The molecule has 0 amide bonds. The first-order valence-electron chi connectivity index (χ1n) is 7.97. The molecule has 1 aliphatic heterocycles. The van der Waals surface area contributed by atoms with E-state index in [2.05, 4.69) is 44.8 Å². The maximum Gasteiger partial charge on any atom is 0.0618 e. The third-order valence-electron chi connectivity index (χ3n) is 4.30. The van der Waals surface area contributed by atoms with Gasteiger partial charge >= 0.3 is 0 Å². The fourth-order valence-corrected chi connectivity index (χ4v) is 3.26. The van der Waals surface area contributed by atoms with Crippen LogP contribution in [0.2, 0.25) is 0 Å². The van der Waals surface area contributed by atoms with Crippen LogP contribution in [-0.2, 0) is 4.74 Å². The Balaban J connectivity index is 2.71. The predicted molar refractivity (Wildman–Crippen MR) is 82.5 cm³/mol. The first-order chi connectivity index (χ1) is 8.99. The monoisotopic (exact) mass is 270 g/mol. The number of ether oxygens (including phenoxy) is 1. The molecule has 1 rings (SSSR count). The van der Waals surface area contributed by atoms with Gasteiger partial charge in [0.2, 0.25) is 0 Å². The lowest BCUT2D eigenvalue weighted by Crippen LogP contribution is -2.61. The van der Waals surface area contributed by atoms with Crippen molar-refractivity contribution in [3.05, 3.63) is 0 Å². The second kappa shape index (κ2) is 8.23. The van der Waals surface area contributed by atoms with Crippen molar-refractivity contribution >= 4 is 0 Å². The van der Waals surface area contributed by atoms with Gasteiger partial charge in [-0.15, -0.1) is 0 Å². The molecule has 3 unspecified atom stereocenters. The molecular weight excluding hydrogens is 236 g/mol. The van der Waals surface area contributed by atoms with Crippen molar-refractivity contribution in [2.75, 3.05) is 26.8 Å². The van der Waals surface area contributed by atoms with Crippen LogP contribution in [-0.4, -0.2) is 49.8 Å². The smallest absolute Gasteiger partial charge is 0.0618 e. The van der Waals surface area contributed by atoms with E-state index >= 15 is 0 Å². The van der Waals surface area contributed by atoms with Gasteiger partial charge in [-0.05, 0) is 24.7 Å². The van der Waals surface area contributed by atoms with E-state index in [1.165, 1.54) is 19.4 Å². The van der Waals surface area contributed by atoms with Crippen LogP contribution in [0, 0.1) is 11.8 Å². The van der Waals surface area contributed by atoms with E-state index in [-0.39, 0.29) is 0 Å².